The Kier molecular flexibility index (Phi) is 6.42. The summed E-state index contributed by atoms with van der Waals surface area (Å²) in [6.45, 7) is 15.5. The molecule has 0 fully saturated rings. The van der Waals surface area contributed by atoms with Gasteiger partial charge in [0.25, 0.3) is 0 Å². The zero-order chi connectivity index (χ0) is 19.4. The second-order valence-corrected chi connectivity index (χ2v) is 13.0. The zero-order valence-electron chi connectivity index (χ0n) is 16.6. The summed E-state index contributed by atoms with van der Waals surface area (Å²) >= 11 is 0. The maximum Gasteiger partial charge on any atom is 0.193 e. The van der Waals surface area contributed by atoms with Crippen LogP contribution in [0.4, 0.5) is 0 Å². The van der Waals surface area contributed by atoms with E-state index in [4.69, 9.17) is 4.43 Å². The third-order valence-electron chi connectivity index (χ3n) is 5.26. The molecule has 1 aliphatic rings. The van der Waals surface area contributed by atoms with Crippen molar-refractivity contribution in [3.63, 3.8) is 0 Å². The average molecular weight is 370 g/mol. The molecular weight excluding hydrogens is 338 g/mol. The van der Waals surface area contributed by atoms with E-state index in [1.165, 1.54) is 0 Å². The molecule has 0 radical (unpaired) electrons. The molecule has 0 N–H and O–H groups in total. The fourth-order valence-electron chi connectivity index (χ4n) is 2.64. The Balaban J connectivity index is 2.34. The summed E-state index contributed by atoms with van der Waals surface area (Å²) in [5, 5.41) is 0.0470. The molecule has 0 aromatic heterocycles. The SMILES string of the molecule is C=CCN1C=CC(=O)[C@@H](O[Si](C)(C)C(C)(C)C)[C@H]1/C=C/c1ccccc1. The Morgan fingerprint density at radius 3 is 2.46 bits per heavy atom. The summed E-state index contributed by atoms with van der Waals surface area (Å²) in [6.07, 6.45) is 9.00. The van der Waals surface area contributed by atoms with Gasteiger partial charge in [0.05, 0.1) is 6.04 Å². The van der Waals surface area contributed by atoms with E-state index in [0.717, 1.165) is 5.56 Å². The number of carbonyl (C=O) groups is 1. The Morgan fingerprint density at radius 2 is 1.88 bits per heavy atom. The van der Waals surface area contributed by atoms with Gasteiger partial charge in [0, 0.05) is 12.7 Å². The maximum absolute atomic E-state index is 12.7. The quantitative estimate of drug-likeness (QED) is 0.519. The summed E-state index contributed by atoms with van der Waals surface area (Å²) in [7, 11) is -2.08. The summed E-state index contributed by atoms with van der Waals surface area (Å²) in [6, 6.07) is 9.99. The van der Waals surface area contributed by atoms with Gasteiger partial charge in [-0.15, -0.1) is 6.58 Å². The molecule has 0 saturated carbocycles. The largest absolute Gasteiger partial charge is 0.404 e. The van der Waals surface area contributed by atoms with Gasteiger partial charge in [0.15, 0.2) is 14.1 Å². The van der Waals surface area contributed by atoms with Gasteiger partial charge in [-0.25, -0.2) is 0 Å². The molecule has 2 atom stereocenters. The minimum absolute atomic E-state index is 0.0397. The monoisotopic (exact) mass is 369 g/mol. The smallest absolute Gasteiger partial charge is 0.193 e. The van der Waals surface area contributed by atoms with Crippen molar-refractivity contribution in [2.45, 2.75) is 51.0 Å². The number of nitrogens with zero attached hydrogens (tertiary/aromatic N) is 1. The predicted molar refractivity (Wildman–Crippen MR) is 112 cm³/mol. The normalized spacial score (nSPS) is 21.4. The molecule has 1 aromatic carbocycles. The highest BCUT2D eigenvalue weighted by molar-refractivity contribution is 6.74. The lowest BCUT2D eigenvalue weighted by molar-refractivity contribution is -0.124. The van der Waals surface area contributed by atoms with Crippen molar-refractivity contribution in [2.24, 2.45) is 0 Å². The zero-order valence-corrected chi connectivity index (χ0v) is 17.6. The number of hydrogen-bond acceptors (Lipinski definition) is 3. The molecule has 0 unspecified atom stereocenters. The van der Waals surface area contributed by atoms with E-state index < -0.39 is 14.4 Å². The second-order valence-electron chi connectivity index (χ2n) is 8.26. The first-order valence-corrected chi connectivity index (χ1v) is 12.1. The van der Waals surface area contributed by atoms with E-state index in [9.17, 15) is 4.79 Å². The van der Waals surface area contributed by atoms with Crippen molar-refractivity contribution in [1.82, 2.24) is 4.90 Å². The first kappa shape index (κ1) is 20.4. The molecule has 1 aromatic rings. The Labute approximate surface area is 159 Å². The highest BCUT2D eigenvalue weighted by Crippen LogP contribution is 2.38. The standard InChI is InChI=1S/C22H31NO2Si/c1-7-16-23-17-15-20(24)21(25-26(5,6)22(2,3)4)19(23)14-13-18-11-9-8-10-12-18/h7-15,17,19,21H,1,16H2,2-6H3/b14-13+/t19-,21+/m1/s1. The van der Waals surface area contributed by atoms with Crippen LogP contribution >= 0.6 is 0 Å². The topological polar surface area (TPSA) is 29.5 Å². The molecule has 1 heterocycles. The molecule has 1 aliphatic heterocycles. The molecule has 4 heteroatoms. The lowest BCUT2D eigenvalue weighted by atomic mass is 10.00. The maximum atomic E-state index is 12.7. The summed E-state index contributed by atoms with van der Waals surface area (Å²) in [5.41, 5.74) is 1.11. The molecule has 0 spiro atoms. The summed E-state index contributed by atoms with van der Waals surface area (Å²) in [4.78, 5) is 14.8. The molecule has 0 aliphatic carbocycles. The van der Waals surface area contributed by atoms with Crippen LogP contribution in [0, 0.1) is 0 Å². The molecular formula is C22H31NO2Si. The van der Waals surface area contributed by atoms with Gasteiger partial charge < -0.3 is 9.33 Å². The van der Waals surface area contributed by atoms with Gasteiger partial charge in [-0.2, -0.15) is 0 Å². The summed E-state index contributed by atoms with van der Waals surface area (Å²) in [5.74, 6) is 0.0397. The lowest BCUT2D eigenvalue weighted by Gasteiger charge is -2.43. The minimum Gasteiger partial charge on any atom is -0.404 e. The van der Waals surface area contributed by atoms with E-state index in [1.807, 2.05) is 30.5 Å². The molecule has 0 saturated heterocycles. The van der Waals surface area contributed by atoms with E-state index in [0.29, 0.717) is 6.54 Å². The lowest BCUT2D eigenvalue weighted by Crippen LogP contribution is -2.54. The van der Waals surface area contributed by atoms with E-state index in [-0.39, 0.29) is 16.9 Å². The molecule has 0 amide bonds. The van der Waals surface area contributed by atoms with Crippen LogP contribution in [0.25, 0.3) is 6.08 Å². The van der Waals surface area contributed by atoms with Crippen molar-refractivity contribution in [3.8, 4) is 0 Å². The van der Waals surface area contributed by atoms with Crippen molar-refractivity contribution in [1.29, 1.82) is 0 Å². The van der Waals surface area contributed by atoms with Gasteiger partial charge in [0.1, 0.15) is 6.10 Å². The van der Waals surface area contributed by atoms with Crippen molar-refractivity contribution < 1.29 is 9.22 Å². The van der Waals surface area contributed by atoms with Crippen LogP contribution in [0.2, 0.25) is 18.1 Å². The highest BCUT2D eigenvalue weighted by Gasteiger charge is 2.43. The number of rotatable bonds is 6. The number of benzene rings is 1. The van der Waals surface area contributed by atoms with Gasteiger partial charge in [-0.3, -0.25) is 4.79 Å². The van der Waals surface area contributed by atoms with Gasteiger partial charge in [0.2, 0.25) is 0 Å². The van der Waals surface area contributed by atoms with Crippen molar-refractivity contribution in [2.75, 3.05) is 6.54 Å². The Bertz CT molecular complexity index is 686. The first-order chi connectivity index (χ1) is 12.2. The van der Waals surface area contributed by atoms with E-state index >= 15 is 0 Å². The van der Waals surface area contributed by atoms with Crippen LogP contribution in [0.5, 0.6) is 0 Å². The molecule has 3 nitrogen and oxygen atoms in total. The second kappa shape index (κ2) is 8.19. The van der Waals surface area contributed by atoms with Crippen LogP contribution in [0.15, 0.2) is 61.3 Å². The van der Waals surface area contributed by atoms with Crippen molar-refractivity contribution in [3.05, 3.63) is 66.9 Å². The van der Waals surface area contributed by atoms with Gasteiger partial charge >= 0.3 is 0 Å². The predicted octanol–water partition coefficient (Wildman–Crippen LogP) is 5.04. The third-order valence-corrected chi connectivity index (χ3v) is 9.71. The minimum atomic E-state index is -2.08. The van der Waals surface area contributed by atoms with E-state index in [2.05, 4.69) is 69.6 Å². The number of hydrogen-bond donors (Lipinski definition) is 0. The fraction of sp³-hybridized carbons (Fsp3) is 0.409. The van der Waals surface area contributed by atoms with Crippen LogP contribution in [0.3, 0.4) is 0 Å². The van der Waals surface area contributed by atoms with Crippen LogP contribution in [-0.4, -0.2) is 37.7 Å². The van der Waals surface area contributed by atoms with Crippen LogP contribution < -0.4 is 0 Å². The number of ketones is 1. The molecule has 26 heavy (non-hydrogen) atoms. The van der Waals surface area contributed by atoms with Crippen LogP contribution in [0.1, 0.15) is 26.3 Å². The van der Waals surface area contributed by atoms with Crippen LogP contribution in [-0.2, 0) is 9.22 Å². The fourth-order valence-corrected chi connectivity index (χ4v) is 3.89. The van der Waals surface area contributed by atoms with Crippen molar-refractivity contribution >= 4 is 20.2 Å². The van der Waals surface area contributed by atoms with Gasteiger partial charge in [-0.1, -0.05) is 69.3 Å². The Hall–Kier alpha value is -1.91. The molecule has 2 rings (SSSR count). The average Bonchev–Trinajstić information content (AvgIpc) is 2.57. The van der Waals surface area contributed by atoms with Gasteiger partial charge in [-0.05, 0) is 29.8 Å². The molecule has 140 valence electrons. The van der Waals surface area contributed by atoms with E-state index in [1.54, 1.807) is 6.08 Å². The summed E-state index contributed by atoms with van der Waals surface area (Å²) < 4.78 is 6.54. The Morgan fingerprint density at radius 1 is 1.23 bits per heavy atom. The highest BCUT2D eigenvalue weighted by atomic mass is 28.4. The molecule has 0 bridgehead atoms. The number of carbonyl (C=O) groups excluding carboxylic acids is 1. The third kappa shape index (κ3) is 4.83. The first-order valence-electron chi connectivity index (χ1n) is 9.15.